The molecule has 0 saturated carbocycles. The van der Waals surface area contributed by atoms with Crippen molar-refractivity contribution < 1.29 is 14.3 Å². The minimum absolute atomic E-state index is 0.0797. The van der Waals surface area contributed by atoms with Crippen molar-refractivity contribution in [2.24, 2.45) is 0 Å². The first-order valence-corrected chi connectivity index (χ1v) is 9.38. The Morgan fingerprint density at radius 2 is 2.12 bits per heavy atom. The van der Waals surface area contributed by atoms with Crippen LogP contribution in [0.2, 0.25) is 0 Å². The van der Waals surface area contributed by atoms with Gasteiger partial charge in [-0.25, -0.2) is 0 Å². The van der Waals surface area contributed by atoms with Crippen LogP contribution in [0.3, 0.4) is 0 Å². The van der Waals surface area contributed by atoms with Crippen LogP contribution in [0.15, 0.2) is 12.1 Å². The lowest BCUT2D eigenvalue weighted by Gasteiger charge is -2.33. The molecule has 1 aromatic carbocycles. The van der Waals surface area contributed by atoms with Crippen LogP contribution in [0.5, 0.6) is 0 Å². The monoisotopic (exact) mass is 344 g/mol. The molecule has 2 aliphatic heterocycles. The first kappa shape index (κ1) is 17.9. The molecule has 0 aromatic heterocycles. The van der Waals surface area contributed by atoms with E-state index < -0.39 is 0 Å². The summed E-state index contributed by atoms with van der Waals surface area (Å²) in [6.07, 6.45) is 6.77. The summed E-state index contributed by atoms with van der Waals surface area (Å²) in [5.74, 6) is 0.0853. The molecular weight excluding hydrogens is 316 g/mol. The molecule has 25 heavy (non-hydrogen) atoms. The van der Waals surface area contributed by atoms with Crippen molar-refractivity contribution in [3.05, 3.63) is 23.3 Å². The quantitative estimate of drug-likeness (QED) is 0.908. The molecule has 2 amide bonds. The smallest absolute Gasteiger partial charge is 0.227 e. The molecule has 5 nitrogen and oxygen atoms in total. The van der Waals surface area contributed by atoms with Crippen LogP contribution in [0.1, 0.15) is 56.6 Å². The maximum atomic E-state index is 12.9. The zero-order chi connectivity index (χ0) is 17.8. The molecule has 0 bridgehead atoms. The fourth-order valence-corrected chi connectivity index (χ4v) is 3.92. The number of hydrogen-bond donors (Lipinski definition) is 1. The van der Waals surface area contributed by atoms with Gasteiger partial charge in [0.25, 0.3) is 0 Å². The predicted molar refractivity (Wildman–Crippen MR) is 99.0 cm³/mol. The van der Waals surface area contributed by atoms with Crippen molar-refractivity contribution in [2.45, 2.75) is 64.9 Å². The Morgan fingerprint density at radius 3 is 2.84 bits per heavy atom. The zero-order valence-electron chi connectivity index (χ0n) is 15.3. The van der Waals surface area contributed by atoms with Crippen molar-refractivity contribution in [3.8, 4) is 0 Å². The number of anilines is 2. The number of fused-ring (bicyclic) bond motifs is 1. The number of carbonyl (C=O) groups is 2. The molecule has 1 saturated heterocycles. The Hall–Kier alpha value is -1.88. The van der Waals surface area contributed by atoms with Crippen LogP contribution < -0.4 is 10.2 Å². The summed E-state index contributed by atoms with van der Waals surface area (Å²) in [7, 11) is 0. The summed E-state index contributed by atoms with van der Waals surface area (Å²) in [6, 6.07) is 3.93. The highest BCUT2D eigenvalue weighted by Gasteiger charge is 2.27. The molecular formula is C20H28N2O3. The molecule has 0 unspecified atom stereocenters. The minimum Gasteiger partial charge on any atom is -0.378 e. The Labute approximate surface area is 149 Å². The van der Waals surface area contributed by atoms with Crippen molar-refractivity contribution in [1.82, 2.24) is 0 Å². The van der Waals surface area contributed by atoms with Crippen molar-refractivity contribution >= 4 is 23.2 Å². The lowest BCUT2D eigenvalue weighted by Crippen LogP contribution is -2.37. The molecule has 1 N–H and O–H groups in total. The molecule has 1 fully saturated rings. The van der Waals surface area contributed by atoms with Gasteiger partial charge in [-0.1, -0.05) is 6.07 Å². The number of benzene rings is 1. The number of rotatable bonds is 4. The van der Waals surface area contributed by atoms with Gasteiger partial charge >= 0.3 is 0 Å². The average Bonchev–Trinajstić information content (AvgIpc) is 2.62. The second kappa shape index (κ2) is 8.00. The lowest BCUT2D eigenvalue weighted by molar-refractivity contribution is -0.119. The molecule has 3 rings (SSSR count). The number of ether oxygens (including phenoxy) is 1. The molecule has 2 heterocycles. The third-order valence-corrected chi connectivity index (χ3v) is 5.13. The molecule has 5 heteroatoms. The molecule has 1 aromatic rings. The Morgan fingerprint density at radius 1 is 1.28 bits per heavy atom. The second-order valence-electron chi connectivity index (χ2n) is 7.11. The van der Waals surface area contributed by atoms with Gasteiger partial charge < -0.3 is 15.0 Å². The van der Waals surface area contributed by atoms with E-state index in [1.54, 1.807) is 0 Å². The van der Waals surface area contributed by atoms with Crippen LogP contribution >= 0.6 is 0 Å². The van der Waals surface area contributed by atoms with E-state index >= 15 is 0 Å². The summed E-state index contributed by atoms with van der Waals surface area (Å²) < 4.78 is 5.75. The number of nitrogens with one attached hydrogen (secondary N) is 1. The number of carbonyl (C=O) groups excluding carboxylic acids is 2. The average molecular weight is 344 g/mol. The number of aryl methyl sites for hydroxylation is 1. The maximum absolute atomic E-state index is 12.9. The van der Waals surface area contributed by atoms with Crippen LogP contribution in [-0.2, 0) is 20.7 Å². The first-order valence-electron chi connectivity index (χ1n) is 9.38. The van der Waals surface area contributed by atoms with Gasteiger partial charge in [0, 0.05) is 32.2 Å². The fraction of sp³-hybridized carbons (Fsp3) is 0.600. The summed E-state index contributed by atoms with van der Waals surface area (Å²) in [5.41, 5.74) is 4.00. The van der Waals surface area contributed by atoms with E-state index in [9.17, 15) is 9.59 Å². The molecule has 2 aliphatic rings. The Kier molecular flexibility index (Phi) is 5.74. The molecule has 0 aliphatic carbocycles. The van der Waals surface area contributed by atoms with E-state index in [0.717, 1.165) is 67.8 Å². The van der Waals surface area contributed by atoms with Crippen molar-refractivity contribution in [1.29, 1.82) is 0 Å². The number of nitrogens with zero attached hydrogens (tertiary/aromatic N) is 1. The largest absolute Gasteiger partial charge is 0.378 e. The van der Waals surface area contributed by atoms with E-state index in [1.165, 1.54) is 13.3 Å². The van der Waals surface area contributed by atoms with Crippen LogP contribution in [-0.4, -0.2) is 31.1 Å². The van der Waals surface area contributed by atoms with E-state index in [0.29, 0.717) is 6.42 Å². The van der Waals surface area contributed by atoms with E-state index in [-0.39, 0.29) is 17.9 Å². The van der Waals surface area contributed by atoms with Crippen LogP contribution in [0.4, 0.5) is 11.4 Å². The van der Waals surface area contributed by atoms with E-state index in [2.05, 4.69) is 5.32 Å². The van der Waals surface area contributed by atoms with Gasteiger partial charge in [-0.05, 0) is 62.6 Å². The topological polar surface area (TPSA) is 58.6 Å². The van der Waals surface area contributed by atoms with Gasteiger partial charge in [-0.3, -0.25) is 9.59 Å². The first-order chi connectivity index (χ1) is 12.1. The molecule has 136 valence electrons. The van der Waals surface area contributed by atoms with Gasteiger partial charge in [-0.15, -0.1) is 0 Å². The maximum Gasteiger partial charge on any atom is 0.227 e. The highest BCUT2D eigenvalue weighted by molar-refractivity contribution is 5.98. The van der Waals surface area contributed by atoms with Gasteiger partial charge in [0.1, 0.15) is 0 Å². The molecule has 1 atom stereocenters. The SMILES string of the molecule is CC(=O)Nc1ccc(C)c2c1CCCN2C(=O)CC[C@@H]1CCCCO1. The second-order valence-corrected chi connectivity index (χ2v) is 7.11. The van der Waals surface area contributed by atoms with Crippen LogP contribution in [0.25, 0.3) is 0 Å². The number of hydrogen-bond acceptors (Lipinski definition) is 3. The standard InChI is InChI=1S/C20H28N2O3/c1-14-8-10-18(21-15(2)23)17-7-5-12-22(20(14)17)19(24)11-9-16-6-3-4-13-25-16/h8,10,16H,3-7,9,11-13H2,1-2H3,(H,21,23)/t16-/m0/s1. The van der Waals surface area contributed by atoms with Gasteiger partial charge in [0.15, 0.2) is 0 Å². The molecule has 0 spiro atoms. The van der Waals surface area contributed by atoms with E-state index in [1.807, 2.05) is 24.0 Å². The Bertz CT molecular complexity index is 651. The lowest BCUT2D eigenvalue weighted by atomic mass is 9.95. The minimum atomic E-state index is -0.0797. The van der Waals surface area contributed by atoms with Gasteiger partial charge in [-0.2, -0.15) is 0 Å². The Balaban J connectivity index is 1.75. The third kappa shape index (κ3) is 4.21. The van der Waals surface area contributed by atoms with Crippen LogP contribution in [0, 0.1) is 6.92 Å². The summed E-state index contributed by atoms with van der Waals surface area (Å²) >= 11 is 0. The zero-order valence-corrected chi connectivity index (χ0v) is 15.3. The van der Waals surface area contributed by atoms with Gasteiger partial charge in [0.2, 0.25) is 11.8 Å². The molecule has 0 radical (unpaired) electrons. The highest BCUT2D eigenvalue weighted by atomic mass is 16.5. The predicted octanol–water partition coefficient (Wildman–Crippen LogP) is 3.58. The van der Waals surface area contributed by atoms with Crippen molar-refractivity contribution in [2.75, 3.05) is 23.4 Å². The number of amides is 2. The fourth-order valence-electron chi connectivity index (χ4n) is 3.92. The van der Waals surface area contributed by atoms with Crippen molar-refractivity contribution in [3.63, 3.8) is 0 Å². The van der Waals surface area contributed by atoms with Gasteiger partial charge in [0.05, 0.1) is 11.8 Å². The summed E-state index contributed by atoms with van der Waals surface area (Å²) in [4.78, 5) is 26.3. The summed E-state index contributed by atoms with van der Waals surface area (Å²) in [6.45, 7) is 5.13. The summed E-state index contributed by atoms with van der Waals surface area (Å²) in [5, 5.41) is 2.91. The third-order valence-electron chi connectivity index (χ3n) is 5.13. The normalized spacial score (nSPS) is 20.1. The highest BCUT2D eigenvalue weighted by Crippen LogP contribution is 2.36. The van der Waals surface area contributed by atoms with E-state index in [4.69, 9.17) is 4.74 Å².